The van der Waals surface area contributed by atoms with E-state index in [1.54, 1.807) is 0 Å². The van der Waals surface area contributed by atoms with Crippen molar-refractivity contribution in [1.82, 2.24) is 5.32 Å². The monoisotopic (exact) mass is 429 g/mol. The molecule has 18 heteroatoms. The minimum absolute atomic E-state index is 0.777. The first-order valence-electron chi connectivity index (χ1n) is 5.26. The van der Waals surface area contributed by atoms with E-state index in [2.05, 4.69) is 0 Å². The predicted octanol–water partition coefficient (Wildman–Crippen LogP) is 4.59. The summed E-state index contributed by atoms with van der Waals surface area (Å²) in [6.45, 7) is 0. The zero-order chi connectivity index (χ0) is 21.8. The van der Waals surface area contributed by atoms with Gasteiger partial charge in [-0.05, 0) is 0 Å². The molecular weight excluding hydrogens is 427 g/mol. The molecule has 0 rings (SSSR count). The fourth-order valence-corrected chi connectivity index (χ4v) is 1.18. The second-order valence-corrected chi connectivity index (χ2v) is 4.37. The van der Waals surface area contributed by atoms with Gasteiger partial charge in [0.25, 0.3) is 0 Å². The van der Waals surface area contributed by atoms with Gasteiger partial charge in [-0.3, -0.25) is 5.32 Å². The first-order chi connectivity index (χ1) is 10.9. The van der Waals surface area contributed by atoms with E-state index < -0.39 is 53.2 Å². The normalized spacial score (nSPS) is 15.8. The van der Waals surface area contributed by atoms with E-state index >= 15 is 0 Å². The molecule has 0 aliphatic heterocycles. The largest absolute Gasteiger partial charge is 0.465 e. The average Bonchev–Trinajstić information content (AvgIpc) is 2.34. The molecule has 0 unspecified atom stereocenters. The summed E-state index contributed by atoms with van der Waals surface area (Å²) in [4.78, 5) is 9.75. The number of rotatable bonds is 6. The van der Waals surface area contributed by atoms with Crippen LogP contribution < -0.4 is 5.32 Å². The Hall–Kier alpha value is -1.78. The maximum absolute atomic E-state index is 12.9. The minimum atomic E-state index is -8.44. The molecule has 0 spiro atoms. The Balaban J connectivity index is 6.46. The standard InChI is InChI=1S/C8H2F15NO2/c9-2(10,3(11,12)5(15,16)7(19,20)21)4(13,14)6(17,18)8(22,23)24-1(25)26/h24H,(H,25,26). The van der Waals surface area contributed by atoms with Gasteiger partial charge in [-0.1, -0.05) is 0 Å². The molecule has 0 saturated carbocycles. The fourth-order valence-electron chi connectivity index (χ4n) is 1.18. The number of alkyl halides is 15. The molecule has 0 bridgehead atoms. The molecule has 0 aromatic rings. The highest BCUT2D eigenvalue weighted by atomic mass is 19.4. The highest BCUT2D eigenvalue weighted by molar-refractivity contribution is 5.65. The van der Waals surface area contributed by atoms with Gasteiger partial charge < -0.3 is 5.11 Å². The van der Waals surface area contributed by atoms with Gasteiger partial charge in [0.15, 0.2) is 0 Å². The summed E-state index contributed by atoms with van der Waals surface area (Å²) in [6.07, 6.45) is -11.0. The van der Waals surface area contributed by atoms with Crippen molar-refractivity contribution in [3.05, 3.63) is 0 Å². The molecule has 0 heterocycles. The van der Waals surface area contributed by atoms with Crippen molar-refractivity contribution >= 4 is 6.09 Å². The van der Waals surface area contributed by atoms with E-state index in [4.69, 9.17) is 5.11 Å². The fraction of sp³-hybridized carbons (Fsp3) is 0.875. The first-order valence-corrected chi connectivity index (χ1v) is 5.26. The topological polar surface area (TPSA) is 49.3 Å². The molecule has 0 atom stereocenters. The van der Waals surface area contributed by atoms with Gasteiger partial charge in [-0.2, -0.15) is 65.9 Å². The van der Waals surface area contributed by atoms with Crippen LogP contribution >= 0.6 is 0 Å². The molecule has 1 amide bonds. The van der Waals surface area contributed by atoms with Crippen molar-refractivity contribution in [1.29, 1.82) is 0 Å². The number of nitrogens with one attached hydrogen (secondary N) is 1. The van der Waals surface area contributed by atoms with Crippen molar-refractivity contribution in [2.45, 2.75) is 41.8 Å². The number of carbonyl (C=O) groups is 1. The van der Waals surface area contributed by atoms with Crippen LogP contribution in [0.15, 0.2) is 0 Å². The van der Waals surface area contributed by atoms with Crippen LogP contribution in [-0.2, 0) is 0 Å². The molecule has 0 aliphatic rings. The Bertz CT molecular complexity index is 550. The number of halogens is 15. The third-order valence-corrected chi connectivity index (χ3v) is 2.59. The molecule has 0 aliphatic carbocycles. The van der Waals surface area contributed by atoms with Gasteiger partial charge in [-0.25, -0.2) is 4.79 Å². The molecule has 0 saturated heterocycles. The van der Waals surface area contributed by atoms with Crippen LogP contribution in [-0.4, -0.2) is 53.0 Å². The van der Waals surface area contributed by atoms with Crippen LogP contribution in [0.25, 0.3) is 0 Å². The summed E-state index contributed by atoms with van der Waals surface area (Å²) in [5.74, 6) is -41.0. The van der Waals surface area contributed by atoms with Crippen LogP contribution in [0, 0.1) is 0 Å². The zero-order valence-electron chi connectivity index (χ0n) is 11.0. The highest BCUT2D eigenvalue weighted by Crippen LogP contribution is 2.61. The Kier molecular flexibility index (Phi) is 5.46. The molecule has 0 fully saturated rings. The van der Waals surface area contributed by atoms with E-state index in [9.17, 15) is 70.7 Å². The second-order valence-electron chi connectivity index (χ2n) is 4.37. The van der Waals surface area contributed by atoms with Gasteiger partial charge in [0, 0.05) is 0 Å². The molecule has 26 heavy (non-hydrogen) atoms. The van der Waals surface area contributed by atoms with Gasteiger partial charge in [-0.15, -0.1) is 0 Å². The van der Waals surface area contributed by atoms with Crippen molar-refractivity contribution in [2.75, 3.05) is 0 Å². The summed E-state index contributed by atoms with van der Waals surface area (Å²) < 4.78 is 188. The quantitative estimate of drug-likeness (QED) is 0.480. The summed E-state index contributed by atoms with van der Waals surface area (Å²) in [5, 5.41) is 6.93. The van der Waals surface area contributed by atoms with Crippen LogP contribution in [0.1, 0.15) is 0 Å². The molecule has 2 N–H and O–H groups in total. The maximum atomic E-state index is 12.9. The van der Waals surface area contributed by atoms with Crippen molar-refractivity contribution < 1.29 is 75.8 Å². The predicted molar refractivity (Wildman–Crippen MR) is 46.9 cm³/mol. The van der Waals surface area contributed by atoms with Crippen LogP contribution in [0.3, 0.4) is 0 Å². The van der Waals surface area contributed by atoms with Crippen LogP contribution in [0.2, 0.25) is 0 Å². The lowest BCUT2D eigenvalue weighted by molar-refractivity contribution is -0.453. The number of hydrogen-bond donors (Lipinski definition) is 2. The lowest BCUT2D eigenvalue weighted by Gasteiger charge is -2.41. The van der Waals surface area contributed by atoms with Crippen molar-refractivity contribution in [3.8, 4) is 0 Å². The van der Waals surface area contributed by atoms with E-state index in [1.165, 1.54) is 0 Å². The van der Waals surface area contributed by atoms with Crippen molar-refractivity contribution in [2.24, 2.45) is 0 Å². The number of hydrogen-bond acceptors (Lipinski definition) is 1. The third kappa shape index (κ3) is 3.06. The SMILES string of the molecule is O=C(O)NC(F)(F)C(F)(F)C(F)(F)C(F)(F)C(F)(F)C(F)(F)C(F)(F)F. The van der Waals surface area contributed by atoms with Gasteiger partial charge in [0.05, 0.1) is 0 Å². The molecule has 0 aromatic carbocycles. The second kappa shape index (κ2) is 5.86. The van der Waals surface area contributed by atoms with Gasteiger partial charge in [0.2, 0.25) is 0 Å². The molecule has 0 radical (unpaired) electrons. The lowest BCUT2D eigenvalue weighted by atomic mass is 9.93. The Morgan fingerprint density at radius 3 is 1.08 bits per heavy atom. The Labute approximate surface area is 130 Å². The maximum Gasteiger partial charge on any atom is 0.460 e. The molecule has 156 valence electrons. The minimum Gasteiger partial charge on any atom is -0.465 e. The number of carboxylic acid groups (broad SMARTS) is 1. The zero-order valence-corrected chi connectivity index (χ0v) is 11.0. The molecule has 3 nitrogen and oxygen atoms in total. The average molecular weight is 429 g/mol. The third-order valence-electron chi connectivity index (χ3n) is 2.59. The summed E-state index contributed by atoms with van der Waals surface area (Å²) in [7, 11) is 0. The first kappa shape index (κ1) is 24.2. The Morgan fingerprint density at radius 2 is 0.808 bits per heavy atom. The molecule has 0 aromatic heterocycles. The van der Waals surface area contributed by atoms with E-state index in [0.717, 1.165) is 0 Å². The smallest absolute Gasteiger partial charge is 0.460 e. The van der Waals surface area contributed by atoms with Gasteiger partial charge in [0.1, 0.15) is 0 Å². The van der Waals surface area contributed by atoms with Crippen LogP contribution in [0.4, 0.5) is 70.7 Å². The summed E-state index contributed by atoms with van der Waals surface area (Å²) >= 11 is 0. The summed E-state index contributed by atoms with van der Waals surface area (Å²) in [5.41, 5.74) is 0. The van der Waals surface area contributed by atoms with Crippen LogP contribution in [0.5, 0.6) is 0 Å². The van der Waals surface area contributed by atoms with E-state index in [-0.39, 0.29) is 0 Å². The van der Waals surface area contributed by atoms with Gasteiger partial charge >= 0.3 is 47.9 Å². The van der Waals surface area contributed by atoms with Crippen molar-refractivity contribution in [3.63, 3.8) is 0 Å². The summed E-state index contributed by atoms with van der Waals surface area (Å²) in [6, 6.07) is -6.99. The Morgan fingerprint density at radius 1 is 0.538 bits per heavy atom. The van der Waals surface area contributed by atoms with E-state index in [1.807, 2.05) is 0 Å². The molecular formula is C8H2F15NO2. The highest BCUT2D eigenvalue weighted by Gasteiger charge is 2.93. The lowest BCUT2D eigenvalue weighted by Crippen LogP contribution is -2.74. The number of amides is 1. The van der Waals surface area contributed by atoms with E-state index in [0.29, 0.717) is 0 Å².